The van der Waals surface area contributed by atoms with Crippen molar-refractivity contribution in [3.05, 3.63) is 0 Å². The molecule has 0 bridgehead atoms. The fourth-order valence-electron chi connectivity index (χ4n) is 1.88. The molecule has 0 fully saturated rings. The summed E-state index contributed by atoms with van der Waals surface area (Å²) in [5.74, 6) is -1.32. The van der Waals surface area contributed by atoms with Gasteiger partial charge >= 0.3 is 12.0 Å². The van der Waals surface area contributed by atoms with Gasteiger partial charge in [-0.3, -0.25) is 9.59 Å². The first-order chi connectivity index (χ1) is 9.18. The average Bonchev–Trinajstić information content (AvgIpc) is 2.32. The maximum Gasteiger partial charge on any atom is 0.323 e. The van der Waals surface area contributed by atoms with Gasteiger partial charge in [-0.1, -0.05) is 20.8 Å². The summed E-state index contributed by atoms with van der Waals surface area (Å²) in [5.41, 5.74) is 5.08. The average molecular weight is 287 g/mol. The van der Waals surface area contributed by atoms with E-state index in [1.807, 2.05) is 20.8 Å². The number of amides is 3. The Balaban J connectivity index is 5.11. The van der Waals surface area contributed by atoms with Crippen LogP contribution in [0.25, 0.3) is 0 Å². The van der Waals surface area contributed by atoms with E-state index >= 15 is 0 Å². The molecule has 2 unspecified atom stereocenters. The van der Waals surface area contributed by atoms with Crippen molar-refractivity contribution in [3.63, 3.8) is 0 Å². The smallest absolute Gasteiger partial charge is 0.323 e. The van der Waals surface area contributed by atoms with Crippen molar-refractivity contribution in [1.29, 1.82) is 0 Å². The van der Waals surface area contributed by atoms with Gasteiger partial charge in [0, 0.05) is 6.04 Å². The van der Waals surface area contributed by atoms with E-state index in [-0.39, 0.29) is 18.5 Å². The molecule has 0 aromatic rings. The van der Waals surface area contributed by atoms with E-state index in [2.05, 4.69) is 5.32 Å². The van der Waals surface area contributed by atoms with Crippen LogP contribution in [0.4, 0.5) is 4.79 Å². The highest BCUT2D eigenvalue weighted by Crippen LogP contribution is 2.12. The summed E-state index contributed by atoms with van der Waals surface area (Å²) >= 11 is 0. The molecular formula is C13H25N3O4. The van der Waals surface area contributed by atoms with Crippen LogP contribution in [-0.4, -0.2) is 46.5 Å². The van der Waals surface area contributed by atoms with Crippen LogP contribution in [-0.2, 0) is 9.59 Å². The van der Waals surface area contributed by atoms with E-state index in [1.165, 1.54) is 4.90 Å². The number of nitrogens with two attached hydrogens (primary N) is 1. The number of carbonyl (C=O) groups is 3. The second-order valence-electron chi connectivity index (χ2n) is 5.31. The number of carboxylic acids is 1. The van der Waals surface area contributed by atoms with Gasteiger partial charge in [-0.15, -0.1) is 0 Å². The molecule has 0 spiro atoms. The number of nitrogens with one attached hydrogen (secondary N) is 1. The van der Waals surface area contributed by atoms with Crippen LogP contribution in [0.1, 0.15) is 40.5 Å². The molecule has 2 atom stereocenters. The minimum atomic E-state index is -1.08. The van der Waals surface area contributed by atoms with Crippen LogP contribution < -0.4 is 11.1 Å². The van der Waals surface area contributed by atoms with Crippen LogP contribution in [0.15, 0.2) is 0 Å². The van der Waals surface area contributed by atoms with Gasteiger partial charge in [0.05, 0.1) is 0 Å². The number of hydrogen-bond acceptors (Lipinski definition) is 3. The van der Waals surface area contributed by atoms with E-state index in [9.17, 15) is 14.4 Å². The van der Waals surface area contributed by atoms with E-state index in [0.717, 1.165) is 0 Å². The topological polar surface area (TPSA) is 113 Å². The molecule has 4 N–H and O–H groups in total. The second kappa shape index (κ2) is 8.39. The highest BCUT2D eigenvalue weighted by molar-refractivity contribution is 5.88. The van der Waals surface area contributed by atoms with Gasteiger partial charge in [-0.2, -0.15) is 0 Å². The molecule has 7 heteroatoms. The van der Waals surface area contributed by atoms with Crippen LogP contribution in [0.3, 0.4) is 0 Å². The maximum atomic E-state index is 12.4. The molecular weight excluding hydrogens is 262 g/mol. The number of aliphatic carboxylic acids is 1. The third-order valence-electron chi connectivity index (χ3n) is 3.03. The molecule has 0 aromatic heterocycles. The summed E-state index contributed by atoms with van der Waals surface area (Å²) in [4.78, 5) is 35.6. The fourth-order valence-corrected chi connectivity index (χ4v) is 1.88. The van der Waals surface area contributed by atoms with Gasteiger partial charge in [0.15, 0.2) is 0 Å². The molecule has 0 saturated carbocycles. The maximum absolute atomic E-state index is 12.4. The first-order valence-electron chi connectivity index (χ1n) is 6.77. The first-order valence-corrected chi connectivity index (χ1v) is 6.77. The van der Waals surface area contributed by atoms with E-state index < -0.39 is 23.9 Å². The number of carboxylic acid groups (broad SMARTS) is 1. The van der Waals surface area contributed by atoms with Gasteiger partial charge < -0.3 is 21.1 Å². The molecule has 0 heterocycles. The third kappa shape index (κ3) is 6.40. The van der Waals surface area contributed by atoms with E-state index in [1.54, 1.807) is 6.92 Å². The predicted molar refractivity (Wildman–Crippen MR) is 75.1 cm³/mol. The van der Waals surface area contributed by atoms with Crippen molar-refractivity contribution in [3.8, 4) is 0 Å². The third-order valence-corrected chi connectivity index (χ3v) is 3.03. The Morgan fingerprint density at radius 1 is 1.25 bits per heavy atom. The Morgan fingerprint density at radius 2 is 1.80 bits per heavy atom. The van der Waals surface area contributed by atoms with Crippen molar-refractivity contribution < 1.29 is 19.5 Å². The fraction of sp³-hybridized carbons (Fsp3) is 0.769. The first kappa shape index (κ1) is 18.2. The summed E-state index contributed by atoms with van der Waals surface area (Å²) in [6, 6.07) is -1.80. The molecule has 20 heavy (non-hydrogen) atoms. The molecule has 0 radical (unpaired) electrons. The Hall–Kier alpha value is -1.79. The van der Waals surface area contributed by atoms with Crippen LogP contribution in [0, 0.1) is 5.92 Å². The Bertz CT molecular complexity index is 358. The molecule has 7 nitrogen and oxygen atoms in total. The van der Waals surface area contributed by atoms with Crippen LogP contribution >= 0.6 is 0 Å². The Kier molecular flexibility index (Phi) is 7.64. The quantitative estimate of drug-likeness (QED) is 0.612. The molecule has 3 amide bonds. The van der Waals surface area contributed by atoms with E-state index in [4.69, 9.17) is 10.8 Å². The standard InChI is InChI=1S/C13H25N3O4/c1-5-9(4)16(7-11(17)18)12(19)10(6-8(2)3)15-13(14)20/h8-10H,5-7H2,1-4H3,(H,17,18)(H3,14,15,20). The molecule has 0 aliphatic heterocycles. The normalized spacial score (nSPS) is 13.7. The van der Waals surface area contributed by atoms with Crippen molar-refractivity contribution in [2.24, 2.45) is 11.7 Å². The number of primary amides is 1. The van der Waals surface area contributed by atoms with Crippen LogP contribution in [0.2, 0.25) is 0 Å². The summed E-state index contributed by atoms with van der Waals surface area (Å²) in [6.07, 6.45) is 1.04. The molecule has 0 aliphatic carbocycles. The highest BCUT2D eigenvalue weighted by atomic mass is 16.4. The van der Waals surface area contributed by atoms with Crippen molar-refractivity contribution >= 4 is 17.9 Å². The summed E-state index contributed by atoms with van der Waals surface area (Å²) in [7, 11) is 0. The van der Waals surface area contributed by atoms with Crippen LogP contribution in [0.5, 0.6) is 0 Å². The van der Waals surface area contributed by atoms with Gasteiger partial charge in [-0.25, -0.2) is 4.79 Å². The lowest BCUT2D eigenvalue weighted by molar-refractivity contribution is -0.147. The zero-order valence-corrected chi connectivity index (χ0v) is 12.5. The lowest BCUT2D eigenvalue weighted by Gasteiger charge is -2.31. The number of hydrogen-bond donors (Lipinski definition) is 3. The summed E-state index contributed by atoms with van der Waals surface area (Å²) in [6.45, 7) is 7.08. The number of urea groups is 1. The van der Waals surface area contributed by atoms with Gasteiger partial charge in [-0.05, 0) is 25.7 Å². The Labute approximate surface area is 119 Å². The molecule has 0 saturated heterocycles. The number of carbonyl (C=O) groups excluding carboxylic acids is 2. The largest absolute Gasteiger partial charge is 0.480 e. The molecule has 116 valence electrons. The zero-order valence-electron chi connectivity index (χ0n) is 12.5. The Morgan fingerprint density at radius 3 is 2.15 bits per heavy atom. The minimum absolute atomic E-state index is 0.166. The van der Waals surface area contributed by atoms with Gasteiger partial charge in [0.2, 0.25) is 5.91 Å². The predicted octanol–water partition coefficient (Wildman–Crippen LogP) is 0.781. The lowest BCUT2D eigenvalue weighted by Crippen LogP contribution is -2.54. The zero-order chi connectivity index (χ0) is 15.9. The van der Waals surface area contributed by atoms with Crippen molar-refractivity contribution in [2.75, 3.05) is 6.54 Å². The summed E-state index contributed by atoms with van der Waals surface area (Å²) < 4.78 is 0. The number of rotatable bonds is 8. The van der Waals surface area contributed by atoms with Crippen molar-refractivity contribution in [1.82, 2.24) is 10.2 Å². The monoisotopic (exact) mass is 287 g/mol. The van der Waals surface area contributed by atoms with Gasteiger partial charge in [0.1, 0.15) is 12.6 Å². The molecule has 0 aliphatic rings. The van der Waals surface area contributed by atoms with Crippen molar-refractivity contribution in [2.45, 2.75) is 52.6 Å². The number of nitrogens with zero attached hydrogens (tertiary/aromatic N) is 1. The summed E-state index contributed by atoms with van der Waals surface area (Å²) in [5, 5.41) is 11.3. The SMILES string of the molecule is CCC(C)N(CC(=O)O)C(=O)C(CC(C)C)NC(N)=O. The highest BCUT2D eigenvalue weighted by Gasteiger charge is 2.29. The molecule has 0 aromatic carbocycles. The molecule has 0 rings (SSSR count). The van der Waals surface area contributed by atoms with Gasteiger partial charge in [0.25, 0.3) is 0 Å². The second-order valence-corrected chi connectivity index (χ2v) is 5.31. The lowest BCUT2D eigenvalue weighted by atomic mass is 10.0. The minimum Gasteiger partial charge on any atom is -0.480 e. The van der Waals surface area contributed by atoms with E-state index in [0.29, 0.717) is 12.8 Å².